The number of hydrogen-bond donors (Lipinski definition) is 3. The molecular weight excluding hydrogens is 480 g/mol. The number of carbonyl (C=O) groups is 2. The zero-order chi connectivity index (χ0) is 24.8. The van der Waals surface area contributed by atoms with Gasteiger partial charge in [0.25, 0.3) is 0 Å². The highest BCUT2D eigenvalue weighted by atomic mass is 35.5. The second kappa shape index (κ2) is 12.4. The fraction of sp³-hybridized carbons (Fsp3) is 0.286. The largest absolute Gasteiger partial charge is 0.507 e. The lowest BCUT2D eigenvalue weighted by Crippen LogP contribution is -2.30. The van der Waals surface area contributed by atoms with Gasteiger partial charge in [0.15, 0.2) is 5.78 Å². The molecule has 1 saturated heterocycles. The van der Waals surface area contributed by atoms with Crippen molar-refractivity contribution in [1.29, 1.82) is 0 Å². The molecule has 3 aromatic rings. The van der Waals surface area contributed by atoms with Crippen molar-refractivity contribution in [3.8, 4) is 17.2 Å². The van der Waals surface area contributed by atoms with E-state index in [1.807, 2.05) is 30.3 Å². The summed E-state index contributed by atoms with van der Waals surface area (Å²) in [7, 11) is 1.51. The molecule has 2 atom stereocenters. The van der Waals surface area contributed by atoms with Gasteiger partial charge in [0.1, 0.15) is 23.9 Å². The summed E-state index contributed by atoms with van der Waals surface area (Å²) in [5, 5.41) is 13.9. The number of phenolic OH excluding ortho intramolecular Hbond substituents is 1. The highest BCUT2D eigenvalue weighted by Gasteiger charge is 2.36. The molecule has 4 N–H and O–H groups in total. The highest BCUT2D eigenvalue weighted by molar-refractivity contribution is 6.02. The first-order chi connectivity index (χ1) is 17.0. The monoisotopic (exact) mass is 510 g/mol. The first-order valence-corrected chi connectivity index (χ1v) is 11.7. The number of nitrogens with two attached hydrogens (primary N) is 1. The van der Waals surface area contributed by atoms with Crippen LogP contribution in [0.3, 0.4) is 0 Å². The SMILES string of the molecule is COc1ccc(O)c(C(=O)C2CCCNCC2c2c(OCc3ccccc3)cccc2C(N)=O)c1.Cl. The molecule has 0 saturated carbocycles. The number of nitrogens with one attached hydrogen (secondary N) is 1. The van der Waals surface area contributed by atoms with Crippen LogP contribution in [0.15, 0.2) is 66.7 Å². The summed E-state index contributed by atoms with van der Waals surface area (Å²) < 4.78 is 11.5. The summed E-state index contributed by atoms with van der Waals surface area (Å²) in [5.74, 6) is -0.762. The van der Waals surface area contributed by atoms with E-state index in [0.717, 1.165) is 18.5 Å². The van der Waals surface area contributed by atoms with E-state index in [9.17, 15) is 14.7 Å². The Balaban J connectivity index is 0.00000361. The summed E-state index contributed by atoms with van der Waals surface area (Å²) in [4.78, 5) is 26.3. The van der Waals surface area contributed by atoms with Crippen molar-refractivity contribution in [2.75, 3.05) is 20.2 Å². The minimum atomic E-state index is -0.579. The molecule has 7 nitrogen and oxygen atoms in total. The number of methoxy groups -OCH3 is 1. The van der Waals surface area contributed by atoms with Gasteiger partial charge in [-0.3, -0.25) is 9.59 Å². The van der Waals surface area contributed by atoms with Crippen LogP contribution < -0.4 is 20.5 Å². The smallest absolute Gasteiger partial charge is 0.249 e. The first-order valence-electron chi connectivity index (χ1n) is 11.7. The van der Waals surface area contributed by atoms with Crippen LogP contribution in [0.2, 0.25) is 0 Å². The molecule has 3 aromatic carbocycles. The molecule has 1 fully saturated rings. The average Bonchev–Trinajstić information content (AvgIpc) is 3.13. The number of aromatic hydroxyl groups is 1. The number of hydrogen-bond acceptors (Lipinski definition) is 6. The minimum Gasteiger partial charge on any atom is -0.507 e. The Morgan fingerprint density at radius 1 is 1.06 bits per heavy atom. The summed E-state index contributed by atoms with van der Waals surface area (Å²) >= 11 is 0. The van der Waals surface area contributed by atoms with Gasteiger partial charge in [0, 0.05) is 29.5 Å². The molecule has 1 aliphatic rings. The van der Waals surface area contributed by atoms with E-state index < -0.39 is 11.8 Å². The number of halogens is 1. The Morgan fingerprint density at radius 2 is 1.83 bits per heavy atom. The fourth-order valence-corrected chi connectivity index (χ4v) is 4.71. The van der Waals surface area contributed by atoms with Gasteiger partial charge in [-0.2, -0.15) is 0 Å². The molecule has 0 bridgehead atoms. The van der Waals surface area contributed by atoms with Crippen LogP contribution >= 0.6 is 12.4 Å². The predicted molar refractivity (Wildman–Crippen MR) is 140 cm³/mol. The molecule has 2 unspecified atom stereocenters. The molecule has 8 heteroatoms. The number of phenols is 1. The van der Waals surface area contributed by atoms with Crippen LogP contribution in [0.25, 0.3) is 0 Å². The molecule has 190 valence electrons. The molecule has 1 amide bonds. The van der Waals surface area contributed by atoms with Crippen molar-refractivity contribution in [1.82, 2.24) is 5.32 Å². The van der Waals surface area contributed by atoms with Gasteiger partial charge in [-0.25, -0.2) is 0 Å². The predicted octanol–water partition coefficient (Wildman–Crippen LogP) is 4.47. The highest BCUT2D eigenvalue weighted by Crippen LogP contribution is 2.40. The lowest BCUT2D eigenvalue weighted by Gasteiger charge is -2.28. The molecule has 0 aromatic heterocycles. The van der Waals surface area contributed by atoms with Crippen molar-refractivity contribution in [2.45, 2.75) is 25.4 Å². The van der Waals surface area contributed by atoms with E-state index in [-0.39, 0.29) is 35.4 Å². The molecule has 0 spiro atoms. The zero-order valence-electron chi connectivity index (χ0n) is 20.1. The second-order valence-corrected chi connectivity index (χ2v) is 8.66. The van der Waals surface area contributed by atoms with E-state index in [1.54, 1.807) is 30.3 Å². The number of primary amides is 1. The van der Waals surface area contributed by atoms with E-state index in [4.69, 9.17) is 15.2 Å². The van der Waals surface area contributed by atoms with Crippen LogP contribution in [0.1, 0.15) is 50.6 Å². The number of amides is 1. The van der Waals surface area contributed by atoms with E-state index >= 15 is 0 Å². The maximum Gasteiger partial charge on any atom is 0.249 e. The van der Waals surface area contributed by atoms with E-state index in [0.29, 0.717) is 42.2 Å². The molecular formula is C28H31ClN2O5. The third-order valence-electron chi connectivity index (χ3n) is 6.46. The quantitative estimate of drug-likeness (QED) is 0.386. The fourth-order valence-electron chi connectivity index (χ4n) is 4.71. The minimum absolute atomic E-state index is 0. The number of benzene rings is 3. The van der Waals surface area contributed by atoms with Gasteiger partial charge in [0.2, 0.25) is 5.91 Å². The average molecular weight is 511 g/mol. The van der Waals surface area contributed by atoms with E-state index in [2.05, 4.69) is 5.32 Å². The third kappa shape index (κ3) is 5.98. The Bertz CT molecular complexity index is 1200. The summed E-state index contributed by atoms with van der Waals surface area (Å²) in [6.07, 6.45) is 1.36. The maximum absolute atomic E-state index is 13.8. The van der Waals surface area contributed by atoms with Crippen molar-refractivity contribution in [3.63, 3.8) is 0 Å². The van der Waals surface area contributed by atoms with Gasteiger partial charge >= 0.3 is 0 Å². The third-order valence-corrected chi connectivity index (χ3v) is 6.46. The topological polar surface area (TPSA) is 111 Å². The molecule has 4 rings (SSSR count). The molecule has 1 aliphatic heterocycles. The Labute approximate surface area is 217 Å². The van der Waals surface area contributed by atoms with Gasteiger partial charge in [-0.15, -0.1) is 12.4 Å². The molecule has 36 heavy (non-hydrogen) atoms. The van der Waals surface area contributed by atoms with Crippen LogP contribution in [0.4, 0.5) is 0 Å². The van der Waals surface area contributed by atoms with E-state index in [1.165, 1.54) is 13.2 Å². The van der Waals surface area contributed by atoms with Crippen LogP contribution in [-0.2, 0) is 6.61 Å². The van der Waals surface area contributed by atoms with Crippen LogP contribution in [0, 0.1) is 5.92 Å². The lowest BCUT2D eigenvalue weighted by molar-refractivity contribution is 0.0887. The van der Waals surface area contributed by atoms with Gasteiger partial charge in [-0.05, 0) is 55.3 Å². The number of rotatable bonds is 8. The van der Waals surface area contributed by atoms with Crippen LogP contribution in [-0.4, -0.2) is 37.0 Å². The molecule has 1 heterocycles. The zero-order valence-corrected chi connectivity index (χ0v) is 20.9. The summed E-state index contributed by atoms with van der Waals surface area (Å²) in [6, 6.07) is 19.6. The first kappa shape index (κ1) is 27.0. The number of Topliss-reactive ketones (excluding diaryl/α,β-unsaturated/α-hetero) is 1. The van der Waals surface area contributed by atoms with Gasteiger partial charge in [-0.1, -0.05) is 36.4 Å². The number of ether oxygens (including phenoxy) is 2. The summed E-state index contributed by atoms with van der Waals surface area (Å²) in [5.41, 5.74) is 7.90. The molecule has 0 radical (unpaired) electrons. The van der Waals surface area contributed by atoms with Gasteiger partial charge < -0.3 is 25.6 Å². The Hall–Kier alpha value is -3.55. The van der Waals surface area contributed by atoms with Crippen LogP contribution in [0.5, 0.6) is 17.2 Å². The van der Waals surface area contributed by atoms with Crippen molar-refractivity contribution in [3.05, 3.63) is 89.0 Å². The van der Waals surface area contributed by atoms with Crippen molar-refractivity contribution >= 4 is 24.1 Å². The lowest BCUT2D eigenvalue weighted by atomic mass is 9.77. The normalized spacial score (nSPS) is 17.4. The number of carbonyl (C=O) groups excluding carboxylic acids is 2. The standard InChI is InChI=1S/C28H30N2O5.ClH/c1-34-19-12-13-24(31)22(15-19)27(32)20-10-6-14-30-16-23(20)26-21(28(29)33)9-5-11-25(26)35-17-18-7-3-2-4-8-18;/h2-5,7-9,11-13,15,20,23,30-31H,6,10,14,16-17H2,1H3,(H2,29,33);1H. The van der Waals surface area contributed by atoms with Crippen molar-refractivity contribution < 1.29 is 24.2 Å². The Morgan fingerprint density at radius 3 is 2.56 bits per heavy atom. The second-order valence-electron chi connectivity index (χ2n) is 8.66. The van der Waals surface area contributed by atoms with Crippen molar-refractivity contribution in [2.24, 2.45) is 11.7 Å². The maximum atomic E-state index is 13.8. The number of ketones is 1. The Kier molecular flexibility index (Phi) is 9.33. The summed E-state index contributed by atoms with van der Waals surface area (Å²) in [6.45, 7) is 1.52. The molecule has 0 aliphatic carbocycles. The van der Waals surface area contributed by atoms with Gasteiger partial charge in [0.05, 0.1) is 12.7 Å².